The molecule has 0 saturated carbocycles. The first-order valence-corrected chi connectivity index (χ1v) is 10.4. The average molecular weight is 388 g/mol. The van der Waals surface area contributed by atoms with E-state index in [-0.39, 0.29) is 16.6 Å². The van der Waals surface area contributed by atoms with E-state index >= 15 is 0 Å². The second kappa shape index (κ2) is 7.45. The summed E-state index contributed by atoms with van der Waals surface area (Å²) in [6.45, 7) is 0. The number of nitrogens with two attached hydrogens (primary N) is 1. The van der Waals surface area contributed by atoms with E-state index in [0.717, 1.165) is 30.5 Å². The molecule has 2 aromatic rings. The van der Waals surface area contributed by atoms with Gasteiger partial charge in [-0.3, -0.25) is 4.79 Å². The van der Waals surface area contributed by atoms with Crippen molar-refractivity contribution in [1.29, 1.82) is 5.26 Å². The molecule has 1 aliphatic carbocycles. The summed E-state index contributed by atoms with van der Waals surface area (Å²) in [6.07, 6.45) is 2.88. The molecule has 3 rings (SSSR count). The van der Waals surface area contributed by atoms with Crippen LogP contribution in [-0.4, -0.2) is 25.1 Å². The van der Waals surface area contributed by atoms with Crippen molar-refractivity contribution in [1.82, 2.24) is 4.98 Å². The van der Waals surface area contributed by atoms with Gasteiger partial charge in [0.2, 0.25) is 15.9 Å². The molecule has 1 aliphatic rings. The number of nitriles is 1. The van der Waals surface area contributed by atoms with Crippen LogP contribution in [-0.2, 0) is 27.7 Å². The van der Waals surface area contributed by atoms with Crippen LogP contribution in [0.3, 0.4) is 0 Å². The topological polar surface area (TPSA) is 126 Å². The van der Waals surface area contributed by atoms with Crippen LogP contribution in [0, 0.1) is 11.3 Å². The van der Waals surface area contributed by atoms with E-state index in [0.29, 0.717) is 16.3 Å². The third-order valence-electron chi connectivity index (χ3n) is 3.94. The van der Waals surface area contributed by atoms with Gasteiger partial charge in [-0.2, -0.15) is 5.26 Å². The van der Waals surface area contributed by atoms with E-state index in [1.165, 1.54) is 36.0 Å². The van der Waals surface area contributed by atoms with Gasteiger partial charge in [0.25, 0.3) is 0 Å². The number of carbonyl (C=O) groups is 1. The number of hydrogen-bond donors (Lipinski definition) is 2. The number of amides is 1. The minimum Gasteiger partial charge on any atom is -0.325 e. The van der Waals surface area contributed by atoms with Crippen LogP contribution in [0.15, 0.2) is 40.3 Å². The van der Waals surface area contributed by atoms with E-state index in [1.807, 2.05) is 6.07 Å². The zero-order valence-electron chi connectivity index (χ0n) is 13.7. The molecule has 0 bridgehead atoms. The number of nitrogens with one attached hydrogen (secondary N) is 1. The number of benzene rings is 1. The number of pyridine rings is 1. The van der Waals surface area contributed by atoms with E-state index in [2.05, 4.69) is 16.4 Å². The fraction of sp³-hybridized carbons (Fsp3) is 0.235. The molecule has 0 spiro atoms. The molecule has 1 aromatic heterocycles. The standard InChI is InChI=1S/C17H16N4O3S2/c18-9-12-8-11-2-1-3-15(11)21-17(12)25-10-16(22)20-13-4-6-14(7-5-13)26(19,23)24/h4-8H,1-3,10H2,(H,20,22)(H2,19,23,24). The summed E-state index contributed by atoms with van der Waals surface area (Å²) in [7, 11) is -3.76. The molecule has 3 N–H and O–H groups in total. The molecule has 9 heteroatoms. The number of carbonyl (C=O) groups excluding carboxylic acids is 1. The highest BCUT2D eigenvalue weighted by atomic mass is 32.2. The van der Waals surface area contributed by atoms with Crippen LogP contribution in [0.1, 0.15) is 23.2 Å². The molecule has 1 aromatic carbocycles. The Morgan fingerprint density at radius 1 is 1.31 bits per heavy atom. The number of primary sulfonamides is 1. The summed E-state index contributed by atoms with van der Waals surface area (Å²) >= 11 is 1.21. The number of anilines is 1. The summed E-state index contributed by atoms with van der Waals surface area (Å²) in [5, 5.41) is 17.6. The quantitative estimate of drug-likeness (QED) is 0.753. The first kappa shape index (κ1) is 18.4. The van der Waals surface area contributed by atoms with Crippen LogP contribution in [0.4, 0.5) is 5.69 Å². The lowest BCUT2D eigenvalue weighted by atomic mass is 10.2. The van der Waals surface area contributed by atoms with Crippen molar-refractivity contribution < 1.29 is 13.2 Å². The normalized spacial score (nSPS) is 13.1. The maximum atomic E-state index is 12.1. The number of nitrogens with zero attached hydrogens (tertiary/aromatic N) is 2. The third kappa shape index (κ3) is 4.22. The van der Waals surface area contributed by atoms with Crippen LogP contribution < -0.4 is 10.5 Å². The molecule has 1 amide bonds. The van der Waals surface area contributed by atoms with Crippen molar-refractivity contribution in [3.05, 3.63) is 47.2 Å². The Balaban J connectivity index is 1.64. The van der Waals surface area contributed by atoms with Crippen molar-refractivity contribution >= 4 is 33.4 Å². The zero-order chi connectivity index (χ0) is 18.7. The van der Waals surface area contributed by atoms with Gasteiger partial charge < -0.3 is 5.32 Å². The fourth-order valence-electron chi connectivity index (χ4n) is 2.70. The number of rotatable bonds is 5. The minimum atomic E-state index is -3.76. The molecule has 0 fully saturated rings. The molecule has 0 atom stereocenters. The van der Waals surface area contributed by atoms with Crippen molar-refractivity contribution in [2.45, 2.75) is 29.2 Å². The van der Waals surface area contributed by atoms with E-state index in [9.17, 15) is 18.5 Å². The van der Waals surface area contributed by atoms with Crippen LogP contribution in [0.25, 0.3) is 0 Å². The largest absolute Gasteiger partial charge is 0.325 e. The maximum Gasteiger partial charge on any atom is 0.238 e. The van der Waals surface area contributed by atoms with Crippen LogP contribution in [0.5, 0.6) is 0 Å². The number of hydrogen-bond acceptors (Lipinski definition) is 6. The molecule has 7 nitrogen and oxygen atoms in total. The molecule has 26 heavy (non-hydrogen) atoms. The maximum absolute atomic E-state index is 12.1. The Hall–Kier alpha value is -2.41. The van der Waals surface area contributed by atoms with Gasteiger partial charge in [-0.05, 0) is 55.2 Å². The molecular weight excluding hydrogens is 372 g/mol. The molecule has 0 saturated heterocycles. The van der Waals surface area contributed by atoms with Gasteiger partial charge in [-0.1, -0.05) is 11.8 Å². The van der Waals surface area contributed by atoms with Gasteiger partial charge in [0, 0.05) is 11.4 Å². The van der Waals surface area contributed by atoms with Gasteiger partial charge in [-0.25, -0.2) is 18.5 Å². The summed E-state index contributed by atoms with van der Waals surface area (Å²) in [6, 6.07) is 9.59. The van der Waals surface area contributed by atoms with Crippen LogP contribution in [0.2, 0.25) is 0 Å². The first-order chi connectivity index (χ1) is 12.4. The zero-order valence-corrected chi connectivity index (χ0v) is 15.4. The monoisotopic (exact) mass is 388 g/mol. The Morgan fingerprint density at radius 2 is 2.04 bits per heavy atom. The number of thioether (sulfide) groups is 1. The van der Waals surface area contributed by atoms with E-state index in [4.69, 9.17) is 5.14 Å². The number of sulfonamides is 1. The van der Waals surface area contributed by atoms with Gasteiger partial charge in [-0.15, -0.1) is 0 Å². The lowest BCUT2D eigenvalue weighted by Gasteiger charge is -2.08. The van der Waals surface area contributed by atoms with Crippen molar-refractivity contribution in [2.75, 3.05) is 11.1 Å². The SMILES string of the molecule is N#Cc1cc2c(nc1SCC(=O)Nc1ccc(S(N)(=O)=O)cc1)CCC2. The highest BCUT2D eigenvalue weighted by Gasteiger charge is 2.17. The lowest BCUT2D eigenvalue weighted by molar-refractivity contribution is -0.113. The Morgan fingerprint density at radius 3 is 2.69 bits per heavy atom. The van der Waals surface area contributed by atoms with Gasteiger partial charge in [0.15, 0.2) is 0 Å². The summed E-state index contributed by atoms with van der Waals surface area (Å²) in [5.41, 5.74) is 3.07. The number of aryl methyl sites for hydroxylation is 2. The highest BCUT2D eigenvalue weighted by Crippen LogP contribution is 2.27. The molecule has 1 heterocycles. The smallest absolute Gasteiger partial charge is 0.238 e. The predicted octanol–water partition coefficient (Wildman–Crippen LogP) is 1.82. The molecule has 0 unspecified atom stereocenters. The molecule has 134 valence electrons. The average Bonchev–Trinajstić information content (AvgIpc) is 3.06. The highest BCUT2D eigenvalue weighted by molar-refractivity contribution is 8.00. The lowest BCUT2D eigenvalue weighted by Crippen LogP contribution is -2.15. The number of aromatic nitrogens is 1. The summed E-state index contributed by atoms with van der Waals surface area (Å²) in [5.74, 6) is -0.179. The van der Waals surface area contributed by atoms with Gasteiger partial charge in [0.1, 0.15) is 11.1 Å². The van der Waals surface area contributed by atoms with Gasteiger partial charge >= 0.3 is 0 Å². The third-order valence-corrected chi connectivity index (χ3v) is 5.86. The Bertz CT molecular complexity index is 996. The van der Waals surface area contributed by atoms with E-state index < -0.39 is 10.0 Å². The number of fused-ring (bicyclic) bond motifs is 1. The predicted molar refractivity (Wildman–Crippen MR) is 98.1 cm³/mol. The Labute approximate surface area is 155 Å². The van der Waals surface area contributed by atoms with Crippen LogP contribution >= 0.6 is 11.8 Å². The second-order valence-corrected chi connectivity index (χ2v) is 8.34. The molecular formula is C17H16N4O3S2. The van der Waals surface area contributed by atoms with Crippen molar-refractivity contribution in [3.8, 4) is 6.07 Å². The Kier molecular flexibility index (Phi) is 5.27. The van der Waals surface area contributed by atoms with Crippen molar-refractivity contribution in [2.24, 2.45) is 5.14 Å². The summed E-state index contributed by atoms with van der Waals surface area (Å²) < 4.78 is 22.4. The fourth-order valence-corrected chi connectivity index (χ4v) is 3.99. The second-order valence-electron chi connectivity index (χ2n) is 5.82. The van der Waals surface area contributed by atoms with Crippen molar-refractivity contribution in [3.63, 3.8) is 0 Å². The summed E-state index contributed by atoms with van der Waals surface area (Å²) in [4.78, 5) is 16.6. The molecule has 0 radical (unpaired) electrons. The molecule has 0 aliphatic heterocycles. The minimum absolute atomic E-state index is 0.0223. The van der Waals surface area contributed by atoms with E-state index in [1.54, 1.807) is 0 Å². The van der Waals surface area contributed by atoms with Gasteiger partial charge in [0.05, 0.1) is 16.2 Å². The first-order valence-electron chi connectivity index (χ1n) is 7.85.